The van der Waals surface area contributed by atoms with Crippen molar-refractivity contribution >= 4 is 27.4 Å². The summed E-state index contributed by atoms with van der Waals surface area (Å²) in [6.45, 7) is 7.47. The summed E-state index contributed by atoms with van der Waals surface area (Å²) < 4.78 is 0. The lowest BCUT2D eigenvalue weighted by Gasteiger charge is -2.34. The van der Waals surface area contributed by atoms with Gasteiger partial charge >= 0.3 is 0 Å². The van der Waals surface area contributed by atoms with Crippen molar-refractivity contribution in [2.45, 2.75) is 39.3 Å². The maximum Gasteiger partial charge on any atom is 0.146 e. The first-order valence-electron chi connectivity index (χ1n) is 6.61. The van der Waals surface area contributed by atoms with Crippen molar-refractivity contribution in [3.05, 3.63) is 17.3 Å². The quantitative estimate of drug-likeness (QED) is 0.910. The van der Waals surface area contributed by atoms with Crippen molar-refractivity contribution in [3.63, 3.8) is 0 Å². The summed E-state index contributed by atoms with van der Waals surface area (Å²) in [4.78, 5) is 12.6. The Morgan fingerprint density at radius 3 is 2.74 bits per heavy atom. The van der Waals surface area contributed by atoms with E-state index in [4.69, 9.17) is 0 Å². The van der Waals surface area contributed by atoms with Crippen molar-refractivity contribution in [1.29, 1.82) is 0 Å². The zero-order valence-electron chi connectivity index (χ0n) is 12.3. The number of aromatic nitrogens is 2. The fourth-order valence-corrected chi connectivity index (χ4v) is 2.64. The van der Waals surface area contributed by atoms with Crippen LogP contribution in [0.15, 0.2) is 11.4 Å². The third-order valence-electron chi connectivity index (χ3n) is 3.89. The third kappa shape index (κ3) is 2.87. The molecule has 4 nitrogen and oxygen atoms in total. The van der Waals surface area contributed by atoms with Gasteiger partial charge in [0.2, 0.25) is 0 Å². The second-order valence-electron chi connectivity index (χ2n) is 5.40. The van der Waals surface area contributed by atoms with Crippen LogP contribution < -0.4 is 5.32 Å². The molecule has 0 aromatic carbocycles. The number of fused-ring (bicyclic) bond motifs is 1. The predicted molar refractivity (Wildman–Crippen MR) is 82.8 cm³/mol. The summed E-state index contributed by atoms with van der Waals surface area (Å²) in [5.41, 5.74) is 0.160. The highest BCUT2D eigenvalue weighted by Gasteiger charge is 2.22. The van der Waals surface area contributed by atoms with E-state index in [-0.39, 0.29) is 5.54 Å². The average Bonchev–Trinajstić information content (AvgIpc) is 2.85. The van der Waals surface area contributed by atoms with E-state index >= 15 is 0 Å². The molecule has 2 rings (SSSR count). The van der Waals surface area contributed by atoms with Crippen molar-refractivity contribution in [1.82, 2.24) is 14.9 Å². The van der Waals surface area contributed by atoms with E-state index < -0.39 is 0 Å². The highest BCUT2D eigenvalue weighted by molar-refractivity contribution is 7.16. The lowest BCUT2D eigenvalue weighted by Crippen LogP contribution is -2.40. The van der Waals surface area contributed by atoms with Crippen LogP contribution in [0.1, 0.15) is 33.0 Å². The van der Waals surface area contributed by atoms with Gasteiger partial charge in [-0.3, -0.25) is 4.90 Å². The van der Waals surface area contributed by atoms with E-state index in [1.54, 1.807) is 11.3 Å². The van der Waals surface area contributed by atoms with Gasteiger partial charge in [0, 0.05) is 12.6 Å². The zero-order chi connectivity index (χ0) is 14.0. The molecular weight excluding hydrogens is 256 g/mol. The van der Waals surface area contributed by atoms with Gasteiger partial charge in [-0.15, -0.1) is 11.3 Å². The average molecular weight is 278 g/mol. The number of nitrogens with one attached hydrogen (secondary N) is 1. The van der Waals surface area contributed by atoms with Crippen LogP contribution in [0.3, 0.4) is 0 Å². The van der Waals surface area contributed by atoms with Gasteiger partial charge in [0.25, 0.3) is 0 Å². The Kier molecular flexibility index (Phi) is 4.06. The summed E-state index contributed by atoms with van der Waals surface area (Å²) in [6.07, 6.45) is 1.10. The fourth-order valence-electron chi connectivity index (χ4n) is 1.86. The maximum absolute atomic E-state index is 4.66. The van der Waals surface area contributed by atoms with Crippen LogP contribution in [0.25, 0.3) is 10.2 Å². The van der Waals surface area contributed by atoms with Crippen LogP contribution in [0, 0.1) is 0 Å². The summed E-state index contributed by atoms with van der Waals surface area (Å²) in [5.74, 6) is 1.80. The summed E-state index contributed by atoms with van der Waals surface area (Å²) in [7, 11) is 4.04. The van der Waals surface area contributed by atoms with Crippen LogP contribution in [-0.4, -0.2) is 34.5 Å². The Labute approximate surface area is 118 Å². The highest BCUT2D eigenvalue weighted by Crippen LogP contribution is 2.26. The molecule has 2 heterocycles. The standard InChI is InChI=1S/C14H22N4S/c1-6-14(2,3)18(5)9-11-16-12(15-4)10-7-8-19-13(10)17-11/h7-8H,6,9H2,1-5H3,(H,15,16,17). The van der Waals surface area contributed by atoms with E-state index in [2.05, 4.69) is 59.4 Å². The smallest absolute Gasteiger partial charge is 0.146 e. The third-order valence-corrected chi connectivity index (χ3v) is 4.69. The van der Waals surface area contributed by atoms with Gasteiger partial charge in [0.1, 0.15) is 16.5 Å². The van der Waals surface area contributed by atoms with Gasteiger partial charge in [-0.2, -0.15) is 0 Å². The number of rotatable bonds is 5. The molecule has 2 aromatic heterocycles. The minimum atomic E-state index is 0.160. The molecule has 0 amide bonds. The fraction of sp³-hybridized carbons (Fsp3) is 0.571. The summed E-state index contributed by atoms with van der Waals surface area (Å²) in [6, 6.07) is 2.06. The van der Waals surface area contributed by atoms with E-state index in [9.17, 15) is 0 Å². The minimum Gasteiger partial charge on any atom is -0.372 e. The van der Waals surface area contributed by atoms with Crippen LogP contribution in [0.4, 0.5) is 5.82 Å². The molecule has 1 N–H and O–H groups in total. The van der Waals surface area contributed by atoms with Gasteiger partial charge < -0.3 is 5.32 Å². The van der Waals surface area contributed by atoms with Crippen LogP contribution in [0.5, 0.6) is 0 Å². The van der Waals surface area contributed by atoms with Crippen LogP contribution >= 0.6 is 11.3 Å². The molecule has 0 aliphatic heterocycles. The van der Waals surface area contributed by atoms with Gasteiger partial charge in [-0.1, -0.05) is 6.92 Å². The van der Waals surface area contributed by atoms with Crippen LogP contribution in [-0.2, 0) is 6.54 Å². The Bertz CT molecular complexity index is 562. The van der Waals surface area contributed by atoms with Gasteiger partial charge in [-0.05, 0) is 38.8 Å². The molecule has 0 saturated carbocycles. The first-order valence-corrected chi connectivity index (χ1v) is 7.49. The molecule has 0 radical (unpaired) electrons. The number of nitrogens with zero attached hydrogens (tertiary/aromatic N) is 3. The van der Waals surface area contributed by atoms with Crippen LogP contribution in [0.2, 0.25) is 0 Å². The Morgan fingerprint density at radius 2 is 2.11 bits per heavy atom. The second-order valence-corrected chi connectivity index (χ2v) is 6.29. The number of hydrogen-bond acceptors (Lipinski definition) is 5. The molecule has 0 spiro atoms. The summed E-state index contributed by atoms with van der Waals surface area (Å²) >= 11 is 1.66. The Morgan fingerprint density at radius 1 is 1.37 bits per heavy atom. The Balaban J connectivity index is 2.30. The molecule has 0 bridgehead atoms. The van der Waals surface area contributed by atoms with Crippen molar-refractivity contribution in [2.75, 3.05) is 19.4 Å². The molecule has 0 fully saturated rings. The predicted octanol–water partition coefficient (Wildman–Crippen LogP) is 3.35. The second kappa shape index (κ2) is 5.43. The molecule has 104 valence electrons. The first kappa shape index (κ1) is 14.2. The SMILES string of the molecule is CCC(C)(C)N(C)Cc1nc(NC)c2ccsc2n1. The normalized spacial score (nSPS) is 12.3. The number of hydrogen-bond donors (Lipinski definition) is 1. The largest absolute Gasteiger partial charge is 0.372 e. The van der Waals surface area contributed by atoms with Gasteiger partial charge in [-0.25, -0.2) is 9.97 Å². The molecule has 0 aliphatic carbocycles. The monoisotopic (exact) mass is 278 g/mol. The molecule has 0 atom stereocenters. The lowest BCUT2D eigenvalue weighted by molar-refractivity contribution is 0.139. The number of anilines is 1. The molecular formula is C14H22N4S. The van der Waals surface area contributed by atoms with E-state index in [0.717, 1.165) is 34.8 Å². The minimum absolute atomic E-state index is 0.160. The molecule has 0 aliphatic rings. The van der Waals surface area contributed by atoms with E-state index in [1.807, 2.05) is 7.05 Å². The molecule has 2 aromatic rings. The first-order chi connectivity index (χ1) is 8.97. The summed E-state index contributed by atoms with van der Waals surface area (Å²) in [5, 5.41) is 6.32. The topological polar surface area (TPSA) is 41.1 Å². The van der Waals surface area contributed by atoms with Crippen molar-refractivity contribution < 1.29 is 0 Å². The zero-order valence-corrected chi connectivity index (χ0v) is 13.1. The Hall–Kier alpha value is -1.20. The van der Waals surface area contributed by atoms with Gasteiger partial charge in [0.15, 0.2) is 0 Å². The highest BCUT2D eigenvalue weighted by atomic mass is 32.1. The maximum atomic E-state index is 4.66. The molecule has 0 saturated heterocycles. The van der Waals surface area contributed by atoms with E-state index in [0.29, 0.717) is 0 Å². The lowest BCUT2D eigenvalue weighted by atomic mass is 10.0. The van der Waals surface area contributed by atoms with E-state index in [1.165, 1.54) is 0 Å². The van der Waals surface area contributed by atoms with Gasteiger partial charge in [0.05, 0.1) is 11.9 Å². The molecule has 19 heavy (non-hydrogen) atoms. The number of thiophene rings is 1. The molecule has 0 unspecified atom stereocenters. The van der Waals surface area contributed by atoms with Crippen molar-refractivity contribution in [3.8, 4) is 0 Å². The molecule has 5 heteroatoms. The van der Waals surface area contributed by atoms with Crippen molar-refractivity contribution in [2.24, 2.45) is 0 Å².